The van der Waals surface area contributed by atoms with Crippen LogP contribution in [0.25, 0.3) is 22.5 Å². The molecule has 0 amide bonds. The molecule has 39 heavy (non-hydrogen) atoms. The van der Waals surface area contributed by atoms with Crippen molar-refractivity contribution >= 4 is 39.7 Å². The molecule has 0 bridgehead atoms. The summed E-state index contributed by atoms with van der Waals surface area (Å²) < 4.78 is 12.2. The molecule has 1 aliphatic carbocycles. The molecule has 6 rings (SSSR count). The Kier molecular flexibility index (Phi) is 7.68. The summed E-state index contributed by atoms with van der Waals surface area (Å²) >= 11 is 14.6. The Morgan fingerprint density at radius 2 is 1.85 bits per heavy atom. The second kappa shape index (κ2) is 11.2. The SMILES string of the molecule is Cc1cc(C(O)O)ccc1-c1csc(N2CCC(OCc3c(-c4c(Cl)cccc4Cl)noc3C3CC3)CC2)n1. The number of benzene rings is 2. The highest BCUT2D eigenvalue weighted by atomic mass is 35.5. The highest BCUT2D eigenvalue weighted by Crippen LogP contribution is 2.46. The molecule has 2 aromatic carbocycles. The van der Waals surface area contributed by atoms with Crippen molar-refractivity contribution in [2.45, 2.75) is 57.5 Å². The number of rotatable bonds is 8. The molecule has 0 atom stereocenters. The topological polar surface area (TPSA) is 91.9 Å². The molecule has 10 heteroatoms. The van der Waals surface area contributed by atoms with E-state index in [0.717, 1.165) is 72.0 Å². The Morgan fingerprint density at radius 3 is 2.51 bits per heavy atom. The number of halogens is 2. The van der Waals surface area contributed by atoms with Gasteiger partial charge in [-0.2, -0.15) is 0 Å². The van der Waals surface area contributed by atoms with Crippen LogP contribution in [-0.2, 0) is 11.3 Å². The third-order valence-corrected chi connectivity index (χ3v) is 8.99. The summed E-state index contributed by atoms with van der Waals surface area (Å²) in [5.41, 5.74) is 5.66. The van der Waals surface area contributed by atoms with Crippen LogP contribution in [0.2, 0.25) is 10.0 Å². The first-order chi connectivity index (χ1) is 18.9. The summed E-state index contributed by atoms with van der Waals surface area (Å²) in [5, 5.41) is 27.4. The first-order valence-electron chi connectivity index (χ1n) is 13.1. The fourth-order valence-electron chi connectivity index (χ4n) is 5.13. The van der Waals surface area contributed by atoms with Crippen molar-refractivity contribution < 1.29 is 19.5 Å². The van der Waals surface area contributed by atoms with Crippen molar-refractivity contribution in [2.75, 3.05) is 18.0 Å². The zero-order chi connectivity index (χ0) is 27.1. The normalized spacial score (nSPS) is 16.4. The molecule has 1 saturated carbocycles. The average molecular weight is 587 g/mol. The van der Waals surface area contributed by atoms with Gasteiger partial charge < -0.3 is 24.4 Å². The number of aryl methyl sites for hydroxylation is 1. The number of piperidine rings is 1. The number of aromatic nitrogens is 2. The molecular weight excluding hydrogens is 557 g/mol. The Hall–Kier alpha value is -2.46. The molecule has 0 radical (unpaired) electrons. The van der Waals surface area contributed by atoms with Crippen LogP contribution in [0.3, 0.4) is 0 Å². The minimum Gasteiger partial charge on any atom is -0.373 e. The van der Waals surface area contributed by atoms with Gasteiger partial charge in [-0.05, 0) is 50.3 Å². The number of ether oxygens (including phenoxy) is 1. The maximum Gasteiger partial charge on any atom is 0.185 e. The van der Waals surface area contributed by atoms with Crippen LogP contribution in [0.4, 0.5) is 5.13 Å². The molecule has 1 aliphatic heterocycles. The van der Waals surface area contributed by atoms with E-state index in [-0.39, 0.29) is 6.10 Å². The minimum atomic E-state index is -1.47. The molecule has 3 heterocycles. The highest BCUT2D eigenvalue weighted by Gasteiger charge is 2.34. The van der Waals surface area contributed by atoms with Gasteiger partial charge in [-0.15, -0.1) is 11.3 Å². The molecule has 2 aromatic heterocycles. The Bertz CT molecular complexity index is 1450. The first-order valence-corrected chi connectivity index (χ1v) is 14.7. The van der Waals surface area contributed by atoms with E-state index in [4.69, 9.17) is 37.4 Å². The van der Waals surface area contributed by atoms with Gasteiger partial charge in [-0.25, -0.2) is 4.98 Å². The Balaban J connectivity index is 1.11. The van der Waals surface area contributed by atoms with Crippen LogP contribution in [-0.4, -0.2) is 39.5 Å². The quantitative estimate of drug-likeness (QED) is 0.212. The summed E-state index contributed by atoms with van der Waals surface area (Å²) in [6.45, 7) is 4.08. The van der Waals surface area contributed by atoms with Crippen LogP contribution < -0.4 is 4.90 Å². The fraction of sp³-hybridized carbons (Fsp3) is 0.379. The smallest absolute Gasteiger partial charge is 0.185 e. The number of thiazole rings is 1. The average Bonchev–Trinajstić information content (AvgIpc) is 3.50. The van der Waals surface area contributed by atoms with Crippen molar-refractivity contribution in [3.63, 3.8) is 0 Å². The van der Waals surface area contributed by atoms with Gasteiger partial charge in [0.15, 0.2) is 11.4 Å². The number of aliphatic hydroxyl groups is 2. The van der Waals surface area contributed by atoms with Crippen LogP contribution in [0.5, 0.6) is 0 Å². The third-order valence-electron chi connectivity index (χ3n) is 7.46. The molecule has 1 saturated heterocycles. The van der Waals surface area contributed by atoms with Crippen molar-refractivity contribution in [3.05, 3.63) is 74.3 Å². The van der Waals surface area contributed by atoms with Crippen molar-refractivity contribution in [3.8, 4) is 22.5 Å². The number of hydrogen-bond acceptors (Lipinski definition) is 8. The van der Waals surface area contributed by atoms with Gasteiger partial charge in [0, 0.05) is 46.6 Å². The molecule has 0 spiro atoms. The summed E-state index contributed by atoms with van der Waals surface area (Å²) in [6, 6.07) is 10.9. The van der Waals surface area contributed by atoms with Crippen molar-refractivity contribution in [2.24, 2.45) is 0 Å². The Morgan fingerprint density at radius 1 is 1.10 bits per heavy atom. The molecule has 7 nitrogen and oxygen atoms in total. The minimum absolute atomic E-state index is 0.122. The highest BCUT2D eigenvalue weighted by molar-refractivity contribution is 7.14. The molecular formula is C29H29Cl2N3O4S. The van der Waals surface area contributed by atoms with Gasteiger partial charge >= 0.3 is 0 Å². The predicted molar refractivity (Wildman–Crippen MR) is 153 cm³/mol. The lowest BCUT2D eigenvalue weighted by Gasteiger charge is -2.31. The molecule has 2 N–H and O–H groups in total. The largest absolute Gasteiger partial charge is 0.373 e. The monoisotopic (exact) mass is 585 g/mol. The van der Waals surface area contributed by atoms with Crippen molar-refractivity contribution in [1.82, 2.24) is 10.1 Å². The van der Waals surface area contributed by atoms with Crippen LogP contribution in [0, 0.1) is 6.92 Å². The molecule has 2 aliphatic rings. The summed E-state index contributed by atoms with van der Waals surface area (Å²) in [7, 11) is 0. The van der Waals surface area contributed by atoms with E-state index in [1.54, 1.807) is 23.5 Å². The van der Waals surface area contributed by atoms with E-state index >= 15 is 0 Å². The van der Waals surface area contributed by atoms with E-state index in [1.807, 2.05) is 31.2 Å². The van der Waals surface area contributed by atoms with Crippen molar-refractivity contribution in [1.29, 1.82) is 0 Å². The van der Waals surface area contributed by atoms with Gasteiger partial charge in [0.25, 0.3) is 0 Å². The van der Waals surface area contributed by atoms with E-state index < -0.39 is 6.29 Å². The van der Waals surface area contributed by atoms with Crippen LogP contribution in [0.15, 0.2) is 46.3 Å². The lowest BCUT2D eigenvalue weighted by atomic mass is 10.0. The first kappa shape index (κ1) is 26.7. The number of hydrogen-bond donors (Lipinski definition) is 2. The number of anilines is 1. The van der Waals surface area contributed by atoms with Gasteiger partial charge in [-0.3, -0.25) is 0 Å². The molecule has 204 valence electrons. The number of nitrogens with zero attached hydrogens (tertiary/aromatic N) is 3. The van der Waals surface area contributed by atoms with Gasteiger partial charge in [-0.1, -0.05) is 52.6 Å². The van der Waals surface area contributed by atoms with Crippen LogP contribution in [0.1, 0.15) is 60.3 Å². The van der Waals surface area contributed by atoms with E-state index in [2.05, 4.69) is 15.4 Å². The second-order valence-corrected chi connectivity index (χ2v) is 11.9. The predicted octanol–water partition coefficient (Wildman–Crippen LogP) is 7.13. The maximum absolute atomic E-state index is 9.43. The lowest BCUT2D eigenvalue weighted by Crippen LogP contribution is -2.37. The second-order valence-electron chi connectivity index (χ2n) is 10.2. The van der Waals surface area contributed by atoms with Crippen LogP contribution >= 0.6 is 34.5 Å². The zero-order valence-corrected chi connectivity index (χ0v) is 23.8. The maximum atomic E-state index is 9.43. The fourth-order valence-corrected chi connectivity index (χ4v) is 6.59. The van der Waals surface area contributed by atoms with Gasteiger partial charge in [0.05, 0.1) is 28.5 Å². The van der Waals surface area contributed by atoms with E-state index in [9.17, 15) is 10.2 Å². The summed E-state index contributed by atoms with van der Waals surface area (Å²) in [5.74, 6) is 1.28. The van der Waals surface area contributed by atoms with Gasteiger partial charge in [0.2, 0.25) is 0 Å². The van der Waals surface area contributed by atoms with Gasteiger partial charge in [0.1, 0.15) is 11.5 Å². The zero-order valence-electron chi connectivity index (χ0n) is 21.4. The van der Waals surface area contributed by atoms with E-state index in [0.29, 0.717) is 39.4 Å². The lowest BCUT2D eigenvalue weighted by molar-refractivity contribution is -0.0425. The van der Waals surface area contributed by atoms with E-state index in [1.165, 1.54) is 0 Å². The number of aliphatic hydroxyl groups excluding tert-OH is 1. The molecule has 4 aromatic rings. The summed E-state index contributed by atoms with van der Waals surface area (Å²) in [4.78, 5) is 7.19. The molecule has 0 unspecified atom stereocenters. The summed E-state index contributed by atoms with van der Waals surface area (Å²) in [6.07, 6.45) is 2.62. The Labute approximate surface area is 240 Å². The third kappa shape index (κ3) is 5.59. The molecule has 2 fully saturated rings. The standard InChI is InChI=1S/C29H29Cl2N3O4S/c1-16-13-18(28(35)36)7-8-20(16)24-15-39-29(32-24)34-11-9-19(10-12-34)37-14-21-26(33-38-27(21)17-5-6-17)25-22(30)3-2-4-23(25)31/h2-4,7-8,13,15,17,19,28,35-36H,5-6,9-12,14H2,1H3.